The summed E-state index contributed by atoms with van der Waals surface area (Å²) >= 11 is 0. The summed E-state index contributed by atoms with van der Waals surface area (Å²) in [5.41, 5.74) is 9.13. The fourth-order valence-corrected chi connectivity index (χ4v) is 4.94. The zero-order chi connectivity index (χ0) is 22.2. The standard InChI is InChI=1S/C22H25N5O3S/c1-3-19-25-20-21(17-8-4-5-9-18(17)24-22(20)23)27(19)12-7-6-11-26(15(2)28)16-10-13-31(29,30)14-16/h4-5,8-10,13-14H,3,6-7,11-12H2,1-2H3,(H2,23,24). The van der Waals surface area contributed by atoms with Crippen LogP contribution in [0.25, 0.3) is 21.9 Å². The molecule has 2 aromatic heterocycles. The predicted octanol–water partition coefficient (Wildman–Crippen LogP) is 3.14. The Morgan fingerprint density at radius 2 is 1.97 bits per heavy atom. The number of nitrogens with two attached hydrogens (primary N) is 1. The number of aryl methyl sites for hydroxylation is 2. The van der Waals surface area contributed by atoms with E-state index >= 15 is 0 Å². The molecule has 162 valence electrons. The Hall–Kier alpha value is -3.20. The van der Waals surface area contributed by atoms with Gasteiger partial charge in [-0.3, -0.25) is 4.79 Å². The molecule has 0 fully saturated rings. The van der Waals surface area contributed by atoms with Crippen molar-refractivity contribution in [3.63, 3.8) is 0 Å². The van der Waals surface area contributed by atoms with E-state index in [0.29, 0.717) is 36.5 Å². The van der Waals surface area contributed by atoms with Gasteiger partial charge in [-0.1, -0.05) is 25.1 Å². The second kappa shape index (κ2) is 8.14. The zero-order valence-corrected chi connectivity index (χ0v) is 18.4. The van der Waals surface area contributed by atoms with Crippen molar-refractivity contribution in [1.82, 2.24) is 19.4 Å². The van der Waals surface area contributed by atoms with Crippen LogP contribution in [0.5, 0.6) is 0 Å². The van der Waals surface area contributed by atoms with E-state index in [1.54, 1.807) is 0 Å². The average molecular weight is 440 g/mol. The van der Waals surface area contributed by atoms with Gasteiger partial charge in [0.1, 0.15) is 11.3 Å². The van der Waals surface area contributed by atoms with Gasteiger partial charge in [-0.05, 0) is 25.0 Å². The number of carbonyl (C=O) groups is 1. The monoisotopic (exact) mass is 439 g/mol. The maximum atomic E-state index is 12.0. The van der Waals surface area contributed by atoms with E-state index in [0.717, 1.165) is 45.9 Å². The lowest BCUT2D eigenvalue weighted by atomic mass is 10.2. The number of sulfone groups is 1. The van der Waals surface area contributed by atoms with Gasteiger partial charge in [-0.15, -0.1) is 0 Å². The Bertz CT molecular complexity index is 1340. The van der Waals surface area contributed by atoms with Gasteiger partial charge in [0, 0.05) is 37.2 Å². The number of aromatic nitrogens is 3. The molecule has 31 heavy (non-hydrogen) atoms. The summed E-state index contributed by atoms with van der Waals surface area (Å²) in [7, 11) is -3.36. The fraction of sp³-hybridized carbons (Fsp3) is 0.318. The predicted molar refractivity (Wildman–Crippen MR) is 122 cm³/mol. The SMILES string of the molecule is CCc1nc2c(N)nc3ccccc3c2n1CCCCN(C(C)=O)C1=CS(=O)(=O)C=C1. The summed E-state index contributed by atoms with van der Waals surface area (Å²) in [4.78, 5) is 22.8. The normalized spacial score (nSPS) is 15.0. The Balaban J connectivity index is 1.57. The first kappa shape index (κ1) is 21.0. The van der Waals surface area contributed by atoms with Crippen LogP contribution in [0.2, 0.25) is 0 Å². The largest absolute Gasteiger partial charge is 0.382 e. The van der Waals surface area contributed by atoms with Gasteiger partial charge >= 0.3 is 0 Å². The number of hydrogen-bond donors (Lipinski definition) is 1. The second-order valence-electron chi connectivity index (χ2n) is 7.56. The van der Waals surface area contributed by atoms with Gasteiger partial charge in [0.15, 0.2) is 15.7 Å². The number of nitrogens with zero attached hydrogens (tertiary/aromatic N) is 4. The second-order valence-corrected chi connectivity index (χ2v) is 9.24. The van der Waals surface area contributed by atoms with Gasteiger partial charge < -0.3 is 15.2 Å². The number of imidazole rings is 1. The number of anilines is 1. The molecule has 0 aliphatic carbocycles. The van der Waals surface area contributed by atoms with Crippen molar-refractivity contribution in [2.24, 2.45) is 0 Å². The summed E-state index contributed by atoms with van der Waals surface area (Å²) in [6.07, 6.45) is 3.74. The number of amides is 1. The van der Waals surface area contributed by atoms with Crippen LogP contribution in [0.4, 0.5) is 5.82 Å². The Morgan fingerprint density at radius 1 is 1.19 bits per heavy atom. The number of benzene rings is 1. The van der Waals surface area contributed by atoms with Crippen LogP contribution in [0.3, 0.4) is 0 Å². The highest BCUT2D eigenvalue weighted by atomic mass is 32.2. The third-order valence-electron chi connectivity index (χ3n) is 5.42. The molecule has 0 saturated heterocycles. The molecule has 1 aliphatic heterocycles. The molecule has 4 rings (SSSR count). The molecule has 0 radical (unpaired) electrons. The minimum absolute atomic E-state index is 0.180. The quantitative estimate of drug-likeness (QED) is 0.566. The molecule has 8 nitrogen and oxygen atoms in total. The number of nitrogen functional groups attached to an aromatic ring is 1. The summed E-state index contributed by atoms with van der Waals surface area (Å²) in [5.74, 6) is 1.18. The third kappa shape index (κ3) is 4.05. The Morgan fingerprint density at radius 3 is 2.65 bits per heavy atom. The average Bonchev–Trinajstić information content (AvgIpc) is 3.28. The van der Waals surface area contributed by atoms with Crippen LogP contribution in [-0.2, 0) is 27.6 Å². The lowest BCUT2D eigenvalue weighted by Gasteiger charge is -2.21. The fourth-order valence-electron chi connectivity index (χ4n) is 3.99. The molecular weight excluding hydrogens is 414 g/mol. The molecular formula is C22H25N5O3S. The minimum Gasteiger partial charge on any atom is -0.382 e. The van der Waals surface area contributed by atoms with E-state index in [9.17, 15) is 13.2 Å². The van der Waals surface area contributed by atoms with Crippen LogP contribution in [0.1, 0.15) is 32.5 Å². The Kier molecular flexibility index (Phi) is 5.53. The summed E-state index contributed by atoms with van der Waals surface area (Å²) < 4.78 is 25.5. The number of allylic oxidation sites excluding steroid dienone is 1. The van der Waals surface area contributed by atoms with E-state index in [2.05, 4.69) is 16.5 Å². The van der Waals surface area contributed by atoms with Crippen molar-refractivity contribution in [2.75, 3.05) is 12.3 Å². The highest BCUT2D eigenvalue weighted by Crippen LogP contribution is 2.29. The molecule has 0 saturated carbocycles. The molecule has 0 unspecified atom stereocenters. The number of carbonyl (C=O) groups excluding carboxylic acids is 1. The number of unbranched alkanes of at least 4 members (excludes halogenated alkanes) is 1. The van der Waals surface area contributed by atoms with E-state index < -0.39 is 9.84 Å². The first-order chi connectivity index (χ1) is 14.8. The van der Waals surface area contributed by atoms with E-state index in [4.69, 9.17) is 10.7 Å². The van der Waals surface area contributed by atoms with Gasteiger partial charge in [-0.2, -0.15) is 0 Å². The first-order valence-electron chi connectivity index (χ1n) is 10.3. The van der Waals surface area contributed by atoms with Crippen LogP contribution in [0.15, 0.2) is 46.9 Å². The number of hydrogen-bond acceptors (Lipinski definition) is 6. The molecule has 1 amide bonds. The molecule has 0 spiro atoms. The summed E-state index contributed by atoms with van der Waals surface area (Å²) in [6.45, 7) is 4.66. The van der Waals surface area contributed by atoms with Crippen LogP contribution in [0, 0.1) is 0 Å². The van der Waals surface area contributed by atoms with Crippen molar-refractivity contribution >= 4 is 43.5 Å². The third-order valence-corrected chi connectivity index (χ3v) is 6.51. The van der Waals surface area contributed by atoms with Crippen molar-refractivity contribution in [3.8, 4) is 0 Å². The zero-order valence-electron chi connectivity index (χ0n) is 17.6. The first-order valence-corrected chi connectivity index (χ1v) is 11.9. The molecule has 2 N–H and O–H groups in total. The van der Waals surface area contributed by atoms with Gasteiger partial charge in [0.05, 0.1) is 22.1 Å². The van der Waals surface area contributed by atoms with Crippen LogP contribution >= 0.6 is 0 Å². The number of pyridine rings is 1. The number of rotatable bonds is 7. The van der Waals surface area contributed by atoms with E-state index in [-0.39, 0.29) is 5.91 Å². The van der Waals surface area contributed by atoms with Crippen LogP contribution in [-0.4, -0.2) is 40.3 Å². The lowest BCUT2D eigenvalue weighted by Crippen LogP contribution is -2.28. The summed E-state index contributed by atoms with van der Waals surface area (Å²) in [6, 6.07) is 7.88. The molecule has 0 bridgehead atoms. The van der Waals surface area contributed by atoms with E-state index in [1.807, 2.05) is 24.3 Å². The minimum atomic E-state index is -3.36. The number of fused-ring (bicyclic) bond motifs is 3. The highest BCUT2D eigenvalue weighted by Gasteiger charge is 2.20. The Labute approximate surface area is 181 Å². The van der Waals surface area contributed by atoms with Crippen molar-refractivity contribution in [2.45, 2.75) is 39.7 Å². The molecule has 3 aromatic rings. The summed E-state index contributed by atoms with van der Waals surface area (Å²) in [5, 5.41) is 3.26. The highest BCUT2D eigenvalue weighted by molar-refractivity contribution is 7.97. The molecule has 1 aliphatic rings. The molecule has 0 atom stereocenters. The molecule has 1 aromatic carbocycles. The van der Waals surface area contributed by atoms with Crippen molar-refractivity contribution in [1.29, 1.82) is 0 Å². The molecule has 3 heterocycles. The van der Waals surface area contributed by atoms with Gasteiger partial charge in [0.2, 0.25) is 5.91 Å². The topological polar surface area (TPSA) is 111 Å². The maximum absolute atomic E-state index is 12.0. The van der Waals surface area contributed by atoms with Crippen molar-refractivity contribution < 1.29 is 13.2 Å². The smallest absolute Gasteiger partial charge is 0.223 e. The van der Waals surface area contributed by atoms with Gasteiger partial charge in [0.25, 0.3) is 0 Å². The van der Waals surface area contributed by atoms with Crippen LogP contribution < -0.4 is 5.73 Å². The van der Waals surface area contributed by atoms with Gasteiger partial charge in [-0.25, -0.2) is 18.4 Å². The lowest BCUT2D eigenvalue weighted by molar-refractivity contribution is -0.126. The maximum Gasteiger partial charge on any atom is 0.223 e. The number of para-hydroxylation sites is 1. The van der Waals surface area contributed by atoms with Crippen molar-refractivity contribution in [3.05, 3.63) is 52.7 Å². The molecule has 9 heteroatoms. The van der Waals surface area contributed by atoms with E-state index in [1.165, 1.54) is 17.9 Å².